The number of hydrazine groups is 1. The van der Waals surface area contributed by atoms with Crippen LogP contribution < -0.4 is 10.9 Å². The first kappa shape index (κ1) is 14.3. The number of aliphatic hydroxyl groups is 1. The number of anilines is 1. The lowest BCUT2D eigenvalue weighted by atomic mass is 9.82. The van der Waals surface area contributed by atoms with Gasteiger partial charge in [0, 0.05) is 4.47 Å². The van der Waals surface area contributed by atoms with E-state index in [1.165, 1.54) is 0 Å². The molecule has 5 heteroatoms. The first-order valence-corrected chi connectivity index (χ1v) is 7.40. The summed E-state index contributed by atoms with van der Waals surface area (Å²) in [4.78, 5) is 11.9. The van der Waals surface area contributed by atoms with Crippen molar-refractivity contribution in [3.63, 3.8) is 0 Å². The SMILES string of the molecule is O=C(CC1(O)CCCCC1)NNc1ccccc1Br. The lowest BCUT2D eigenvalue weighted by Gasteiger charge is -2.31. The molecule has 0 bridgehead atoms. The Bertz CT molecular complexity index is 445. The molecule has 0 aliphatic heterocycles. The minimum atomic E-state index is -0.821. The second-order valence-electron chi connectivity index (χ2n) is 5.11. The summed E-state index contributed by atoms with van der Waals surface area (Å²) >= 11 is 3.39. The minimum absolute atomic E-state index is 0.157. The number of amides is 1. The molecule has 1 fully saturated rings. The molecule has 0 heterocycles. The van der Waals surface area contributed by atoms with Gasteiger partial charge in [0.25, 0.3) is 0 Å². The summed E-state index contributed by atoms with van der Waals surface area (Å²) in [6.45, 7) is 0. The highest BCUT2D eigenvalue weighted by Gasteiger charge is 2.31. The first-order chi connectivity index (χ1) is 9.09. The Kier molecular flexibility index (Phi) is 4.82. The van der Waals surface area contributed by atoms with Gasteiger partial charge in [-0.15, -0.1) is 0 Å². The van der Waals surface area contributed by atoms with Crippen molar-refractivity contribution in [3.8, 4) is 0 Å². The largest absolute Gasteiger partial charge is 0.389 e. The molecule has 0 radical (unpaired) electrons. The van der Waals surface area contributed by atoms with E-state index < -0.39 is 5.60 Å². The van der Waals surface area contributed by atoms with Crippen LogP contribution in [0.3, 0.4) is 0 Å². The third-order valence-corrected chi connectivity index (χ3v) is 4.18. The van der Waals surface area contributed by atoms with Crippen molar-refractivity contribution < 1.29 is 9.90 Å². The first-order valence-electron chi connectivity index (χ1n) is 6.61. The van der Waals surface area contributed by atoms with Crippen molar-refractivity contribution in [2.45, 2.75) is 44.1 Å². The monoisotopic (exact) mass is 326 g/mol. The quantitative estimate of drug-likeness (QED) is 0.745. The van der Waals surface area contributed by atoms with E-state index in [0.29, 0.717) is 0 Å². The number of halogens is 1. The number of rotatable bonds is 4. The number of hydrogen-bond acceptors (Lipinski definition) is 3. The number of benzene rings is 1. The molecule has 1 amide bonds. The maximum absolute atomic E-state index is 11.9. The van der Waals surface area contributed by atoms with Gasteiger partial charge in [0.15, 0.2) is 0 Å². The minimum Gasteiger partial charge on any atom is -0.389 e. The Labute approximate surface area is 121 Å². The van der Waals surface area contributed by atoms with Crippen LogP contribution in [0.2, 0.25) is 0 Å². The Morgan fingerprint density at radius 1 is 1.26 bits per heavy atom. The number of para-hydroxylation sites is 1. The zero-order chi connectivity index (χ0) is 13.7. The van der Waals surface area contributed by atoms with Gasteiger partial charge in [0.05, 0.1) is 17.7 Å². The summed E-state index contributed by atoms with van der Waals surface area (Å²) in [5, 5.41) is 10.3. The molecule has 104 valence electrons. The molecule has 1 aliphatic carbocycles. The van der Waals surface area contributed by atoms with E-state index in [-0.39, 0.29) is 12.3 Å². The van der Waals surface area contributed by atoms with E-state index in [1.807, 2.05) is 24.3 Å². The maximum atomic E-state index is 11.9. The van der Waals surface area contributed by atoms with Crippen molar-refractivity contribution in [2.24, 2.45) is 0 Å². The van der Waals surface area contributed by atoms with E-state index in [2.05, 4.69) is 26.8 Å². The van der Waals surface area contributed by atoms with Crippen LogP contribution in [-0.4, -0.2) is 16.6 Å². The molecular formula is C14H19BrN2O2. The number of nitrogens with one attached hydrogen (secondary N) is 2. The molecule has 0 spiro atoms. The van der Waals surface area contributed by atoms with E-state index >= 15 is 0 Å². The highest BCUT2D eigenvalue weighted by Crippen LogP contribution is 2.30. The van der Waals surface area contributed by atoms with Gasteiger partial charge >= 0.3 is 0 Å². The fourth-order valence-electron chi connectivity index (χ4n) is 2.43. The van der Waals surface area contributed by atoms with E-state index in [0.717, 1.165) is 42.3 Å². The Balaban J connectivity index is 1.83. The molecule has 0 atom stereocenters. The van der Waals surface area contributed by atoms with Crippen LogP contribution in [0.4, 0.5) is 5.69 Å². The zero-order valence-electron chi connectivity index (χ0n) is 10.8. The third-order valence-electron chi connectivity index (χ3n) is 3.48. The van der Waals surface area contributed by atoms with Gasteiger partial charge in [0.1, 0.15) is 0 Å². The number of carbonyl (C=O) groups is 1. The van der Waals surface area contributed by atoms with Gasteiger partial charge in [0.2, 0.25) is 5.91 Å². The average molecular weight is 327 g/mol. The van der Waals surface area contributed by atoms with Gasteiger partial charge in [-0.2, -0.15) is 0 Å². The van der Waals surface area contributed by atoms with E-state index in [4.69, 9.17) is 0 Å². The van der Waals surface area contributed by atoms with Crippen LogP contribution >= 0.6 is 15.9 Å². The molecule has 3 N–H and O–H groups in total. The topological polar surface area (TPSA) is 61.4 Å². The summed E-state index contributed by atoms with van der Waals surface area (Å²) in [6, 6.07) is 7.54. The fourth-order valence-corrected chi connectivity index (χ4v) is 2.81. The molecule has 0 unspecified atom stereocenters. The van der Waals surface area contributed by atoms with Crippen molar-refractivity contribution in [3.05, 3.63) is 28.7 Å². The van der Waals surface area contributed by atoms with Crippen molar-refractivity contribution in [2.75, 3.05) is 5.43 Å². The van der Waals surface area contributed by atoms with Crippen LogP contribution in [0, 0.1) is 0 Å². The standard InChI is InChI=1S/C14H19BrN2O2/c15-11-6-2-3-7-12(11)16-17-13(18)10-14(19)8-4-1-5-9-14/h2-3,6-7,16,19H,1,4-5,8-10H2,(H,17,18). The number of carbonyl (C=O) groups excluding carboxylic acids is 1. The molecule has 1 aromatic carbocycles. The predicted molar refractivity (Wildman–Crippen MR) is 78.6 cm³/mol. The van der Waals surface area contributed by atoms with Crippen LogP contribution in [-0.2, 0) is 4.79 Å². The molecular weight excluding hydrogens is 308 g/mol. The van der Waals surface area contributed by atoms with Gasteiger partial charge in [-0.05, 0) is 40.9 Å². The Morgan fingerprint density at radius 3 is 2.63 bits per heavy atom. The third kappa shape index (κ3) is 4.21. The van der Waals surface area contributed by atoms with Crippen molar-refractivity contribution in [1.29, 1.82) is 0 Å². The highest BCUT2D eigenvalue weighted by atomic mass is 79.9. The predicted octanol–water partition coefficient (Wildman–Crippen LogP) is 2.98. The lowest BCUT2D eigenvalue weighted by Crippen LogP contribution is -2.40. The van der Waals surface area contributed by atoms with E-state index in [1.54, 1.807) is 0 Å². The van der Waals surface area contributed by atoms with Crippen LogP contribution in [0.5, 0.6) is 0 Å². The Hall–Kier alpha value is -1.07. The van der Waals surface area contributed by atoms with Gasteiger partial charge in [-0.1, -0.05) is 31.4 Å². The normalized spacial score (nSPS) is 17.8. The summed E-state index contributed by atoms with van der Waals surface area (Å²) in [5.74, 6) is -0.180. The van der Waals surface area contributed by atoms with Gasteiger partial charge in [-0.25, -0.2) is 0 Å². The highest BCUT2D eigenvalue weighted by molar-refractivity contribution is 9.10. The summed E-state index contributed by atoms with van der Waals surface area (Å²) < 4.78 is 0.881. The smallest absolute Gasteiger partial charge is 0.241 e. The Morgan fingerprint density at radius 2 is 1.95 bits per heavy atom. The molecule has 1 aliphatic rings. The second-order valence-corrected chi connectivity index (χ2v) is 5.97. The van der Waals surface area contributed by atoms with Gasteiger partial charge < -0.3 is 5.11 Å². The molecule has 1 aromatic rings. The lowest BCUT2D eigenvalue weighted by molar-refractivity contribution is -0.126. The van der Waals surface area contributed by atoms with Crippen LogP contribution in [0.25, 0.3) is 0 Å². The number of hydrogen-bond donors (Lipinski definition) is 3. The fraction of sp³-hybridized carbons (Fsp3) is 0.500. The summed E-state index contributed by atoms with van der Waals surface area (Å²) in [5.41, 5.74) is 5.47. The molecule has 19 heavy (non-hydrogen) atoms. The zero-order valence-corrected chi connectivity index (χ0v) is 12.4. The van der Waals surface area contributed by atoms with Crippen LogP contribution in [0.15, 0.2) is 28.7 Å². The maximum Gasteiger partial charge on any atom is 0.241 e. The molecule has 0 saturated heterocycles. The van der Waals surface area contributed by atoms with Gasteiger partial charge in [-0.3, -0.25) is 15.6 Å². The average Bonchev–Trinajstić information content (AvgIpc) is 2.38. The molecule has 2 rings (SSSR count). The van der Waals surface area contributed by atoms with E-state index in [9.17, 15) is 9.90 Å². The van der Waals surface area contributed by atoms with Crippen LogP contribution in [0.1, 0.15) is 38.5 Å². The molecule has 4 nitrogen and oxygen atoms in total. The molecule has 1 saturated carbocycles. The summed E-state index contributed by atoms with van der Waals surface area (Å²) in [7, 11) is 0. The van der Waals surface area contributed by atoms with Crippen molar-refractivity contribution in [1.82, 2.24) is 5.43 Å². The van der Waals surface area contributed by atoms with Crippen molar-refractivity contribution >= 4 is 27.5 Å². The molecule has 0 aromatic heterocycles. The second kappa shape index (κ2) is 6.39. The summed E-state index contributed by atoms with van der Waals surface area (Å²) in [6.07, 6.45) is 4.75.